The highest BCUT2D eigenvalue weighted by molar-refractivity contribution is 7.99. The smallest absolute Gasteiger partial charge is 0.240 e. The fraction of sp³-hybridized carbons (Fsp3) is 0.200. The van der Waals surface area contributed by atoms with E-state index in [1.54, 1.807) is 23.1 Å². The van der Waals surface area contributed by atoms with Crippen molar-refractivity contribution in [2.24, 2.45) is 5.10 Å². The van der Waals surface area contributed by atoms with Crippen LogP contribution in [0.1, 0.15) is 18.2 Å². The Morgan fingerprint density at radius 2 is 2.10 bits per heavy atom. The van der Waals surface area contributed by atoms with Crippen molar-refractivity contribution in [3.05, 3.63) is 51.7 Å². The molecule has 0 radical (unpaired) electrons. The molecule has 2 aromatic rings. The van der Waals surface area contributed by atoms with Crippen molar-refractivity contribution >= 4 is 46.3 Å². The van der Waals surface area contributed by atoms with Gasteiger partial charge >= 0.3 is 0 Å². The van der Waals surface area contributed by atoms with Gasteiger partial charge in [0.2, 0.25) is 5.91 Å². The van der Waals surface area contributed by atoms with Crippen LogP contribution in [0, 0.1) is 0 Å². The average molecular weight is 339 g/mol. The molecule has 0 unspecified atom stereocenters. The van der Waals surface area contributed by atoms with Crippen LogP contribution in [0.4, 0.5) is 0 Å². The number of benzene rings is 1. The van der Waals surface area contributed by atoms with Crippen LogP contribution in [0.5, 0.6) is 0 Å². The van der Waals surface area contributed by atoms with Gasteiger partial charge < -0.3 is 0 Å². The molecule has 21 heavy (non-hydrogen) atoms. The monoisotopic (exact) mass is 338 g/mol. The quantitative estimate of drug-likeness (QED) is 0.481. The number of nitrogens with one attached hydrogen (secondary N) is 1. The Labute approximate surface area is 137 Å². The van der Waals surface area contributed by atoms with Gasteiger partial charge in [-0.3, -0.25) is 4.79 Å². The molecule has 0 saturated carbocycles. The number of hydrogen-bond donors (Lipinski definition) is 1. The topological polar surface area (TPSA) is 41.5 Å². The minimum absolute atomic E-state index is 0.0765. The Kier molecular flexibility index (Phi) is 6.29. The van der Waals surface area contributed by atoms with E-state index in [0.717, 1.165) is 20.5 Å². The van der Waals surface area contributed by atoms with Crippen LogP contribution < -0.4 is 5.43 Å². The van der Waals surface area contributed by atoms with E-state index in [-0.39, 0.29) is 5.91 Å². The van der Waals surface area contributed by atoms with Gasteiger partial charge in [0, 0.05) is 27.0 Å². The maximum Gasteiger partial charge on any atom is 0.240 e. The Bertz CT molecular complexity index is 609. The number of hydrogen-bond acceptors (Lipinski definition) is 4. The van der Waals surface area contributed by atoms with Crippen molar-refractivity contribution in [3.63, 3.8) is 0 Å². The molecule has 6 heteroatoms. The Morgan fingerprint density at radius 3 is 2.76 bits per heavy atom. The summed E-state index contributed by atoms with van der Waals surface area (Å²) in [5.74, 6) is 0.633. The van der Waals surface area contributed by atoms with Crippen molar-refractivity contribution < 1.29 is 4.79 Å². The van der Waals surface area contributed by atoms with Gasteiger partial charge in [0.25, 0.3) is 0 Å². The molecule has 1 amide bonds. The first-order chi connectivity index (χ1) is 10.1. The molecular formula is C15H15ClN2OS2. The first-order valence-electron chi connectivity index (χ1n) is 6.40. The summed E-state index contributed by atoms with van der Waals surface area (Å²) in [7, 11) is 0. The van der Waals surface area contributed by atoms with Gasteiger partial charge in [-0.2, -0.15) is 5.10 Å². The number of thioether (sulfide) groups is 1. The first-order valence-corrected chi connectivity index (χ1v) is 8.65. The van der Waals surface area contributed by atoms with Gasteiger partial charge in [-0.25, -0.2) is 5.43 Å². The molecule has 0 atom stereocenters. The van der Waals surface area contributed by atoms with Crippen LogP contribution in [-0.4, -0.2) is 17.4 Å². The van der Waals surface area contributed by atoms with E-state index in [4.69, 9.17) is 11.6 Å². The second kappa shape index (κ2) is 8.22. The lowest BCUT2D eigenvalue weighted by molar-refractivity contribution is -0.120. The molecule has 3 nitrogen and oxygen atoms in total. The lowest BCUT2D eigenvalue weighted by atomic mass is 10.3. The Morgan fingerprint density at radius 1 is 1.33 bits per heavy atom. The number of hydrazone groups is 1. The number of nitrogens with zero attached hydrogens (tertiary/aromatic N) is 1. The molecule has 1 aromatic heterocycles. The van der Waals surface area contributed by atoms with Gasteiger partial charge in [-0.15, -0.1) is 23.1 Å². The second-order valence-corrected chi connectivity index (χ2v) is 6.81. The van der Waals surface area contributed by atoms with Crippen molar-refractivity contribution in [3.8, 4) is 0 Å². The summed E-state index contributed by atoms with van der Waals surface area (Å²) >= 11 is 9.05. The van der Waals surface area contributed by atoms with Gasteiger partial charge in [-0.05, 0) is 42.6 Å². The van der Waals surface area contributed by atoms with Gasteiger partial charge in [0.15, 0.2) is 0 Å². The van der Waals surface area contributed by atoms with Crippen LogP contribution in [0.3, 0.4) is 0 Å². The summed E-state index contributed by atoms with van der Waals surface area (Å²) in [5.41, 5.74) is 3.41. The van der Waals surface area contributed by atoms with Crippen molar-refractivity contribution in [1.29, 1.82) is 0 Å². The molecule has 0 saturated heterocycles. The maximum absolute atomic E-state index is 11.7. The van der Waals surface area contributed by atoms with E-state index in [2.05, 4.69) is 10.5 Å². The zero-order valence-electron chi connectivity index (χ0n) is 11.5. The van der Waals surface area contributed by atoms with Crippen LogP contribution in [0.25, 0.3) is 0 Å². The molecular weight excluding hydrogens is 324 g/mol. The summed E-state index contributed by atoms with van der Waals surface area (Å²) < 4.78 is 0. The number of halogens is 1. The molecule has 0 aliphatic heterocycles. The number of thiophene rings is 1. The molecule has 0 spiro atoms. The number of carbonyl (C=O) groups excluding carboxylic acids is 1. The van der Waals surface area contributed by atoms with Crippen LogP contribution in [-0.2, 0) is 4.79 Å². The fourth-order valence-corrected chi connectivity index (χ4v) is 3.19. The predicted molar refractivity (Wildman–Crippen MR) is 91.5 cm³/mol. The SMILES string of the molecule is CC(=NNC(=O)CCSc1ccc(Cl)cc1)c1cccs1. The molecule has 0 aliphatic carbocycles. The van der Waals surface area contributed by atoms with Gasteiger partial charge in [0.05, 0.1) is 5.71 Å². The summed E-state index contributed by atoms with van der Waals surface area (Å²) in [6.07, 6.45) is 0.425. The zero-order chi connectivity index (χ0) is 15.1. The summed E-state index contributed by atoms with van der Waals surface area (Å²) in [6, 6.07) is 11.5. The number of amides is 1. The van der Waals surface area contributed by atoms with Crippen molar-refractivity contribution in [2.75, 3.05) is 5.75 Å². The van der Waals surface area contributed by atoms with Crippen LogP contribution in [0.2, 0.25) is 5.02 Å². The van der Waals surface area contributed by atoms with E-state index in [9.17, 15) is 4.79 Å². The second-order valence-electron chi connectivity index (χ2n) is 4.26. The van der Waals surface area contributed by atoms with E-state index >= 15 is 0 Å². The molecule has 0 bridgehead atoms. The lowest BCUT2D eigenvalue weighted by Crippen LogP contribution is -2.19. The highest BCUT2D eigenvalue weighted by Crippen LogP contribution is 2.20. The summed E-state index contributed by atoms with van der Waals surface area (Å²) in [5, 5.41) is 6.81. The predicted octanol–water partition coefficient (Wildman–Crippen LogP) is 4.42. The lowest BCUT2D eigenvalue weighted by Gasteiger charge is -2.02. The minimum atomic E-state index is -0.0765. The summed E-state index contributed by atoms with van der Waals surface area (Å²) in [4.78, 5) is 13.9. The third-order valence-electron chi connectivity index (χ3n) is 2.64. The normalized spacial score (nSPS) is 11.4. The number of rotatable bonds is 6. The minimum Gasteiger partial charge on any atom is -0.273 e. The zero-order valence-corrected chi connectivity index (χ0v) is 13.9. The van der Waals surface area contributed by atoms with Crippen molar-refractivity contribution in [1.82, 2.24) is 5.43 Å². The fourth-order valence-electron chi connectivity index (χ4n) is 1.53. The molecule has 0 fully saturated rings. The molecule has 110 valence electrons. The number of carbonyl (C=O) groups is 1. The first kappa shape index (κ1) is 16.1. The third kappa shape index (κ3) is 5.53. The molecule has 1 heterocycles. The summed E-state index contributed by atoms with van der Waals surface area (Å²) in [6.45, 7) is 1.88. The molecule has 1 N–H and O–H groups in total. The Balaban J connectivity index is 1.72. The average Bonchev–Trinajstić information content (AvgIpc) is 3.01. The van der Waals surface area contributed by atoms with Gasteiger partial charge in [0.1, 0.15) is 0 Å². The maximum atomic E-state index is 11.7. The van der Waals surface area contributed by atoms with E-state index in [1.165, 1.54) is 0 Å². The van der Waals surface area contributed by atoms with Gasteiger partial charge in [-0.1, -0.05) is 17.7 Å². The largest absolute Gasteiger partial charge is 0.273 e. The van der Waals surface area contributed by atoms with E-state index < -0.39 is 0 Å². The molecule has 1 aromatic carbocycles. The van der Waals surface area contributed by atoms with Crippen LogP contribution in [0.15, 0.2) is 51.8 Å². The highest BCUT2D eigenvalue weighted by Gasteiger charge is 2.03. The highest BCUT2D eigenvalue weighted by atomic mass is 35.5. The van der Waals surface area contributed by atoms with E-state index in [1.807, 2.05) is 48.7 Å². The molecule has 2 rings (SSSR count). The molecule has 0 aliphatic rings. The van der Waals surface area contributed by atoms with Crippen molar-refractivity contribution in [2.45, 2.75) is 18.2 Å². The van der Waals surface area contributed by atoms with Crippen LogP contribution >= 0.6 is 34.7 Å². The third-order valence-corrected chi connectivity index (χ3v) is 4.88. The Hall–Kier alpha value is -1.30. The standard InChI is InChI=1S/C15H15ClN2OS2/c1-11(14-3-2-9-21-14)17-18-15(19)8-10-20-13-6-4-12(16)5-7-13/h2-7,9H,8,10H2,1H3,(H,18,19). The van der Waals surface area contributed by atoms with E-state index in [0.29, 0.717) is 12.2 Å².